The Morgan fingerprint density at radius 3 is 2.47 bits per heavy atom. The molecule has 0 N–H and O–H groups in total. The first kappa shape index (κ1) is 12.8. The first-order valence-electron chi connectivity index (χ1n) is 5.72. The van der Waals surface area contributed by atoms with Gasteiger partial charge in [0.25, 0.3) is 0 Å². The molecule has 0 amide bonds. The minimum Gasteiger partial charge on any atom is -0.0888 e. The molecule has 1 aromatic carbocycles. The molecule has 1 aromatic rings. The van der Waals surface area contributed by atoms with Crippen LogP contribution in [-0.2, 0) is 6.42 Å². The average Bonchev–Trinajstić information content (AvgIpc) is 2.26. The number of hydrogen-bond donors (Lipinski definition) is 0. The molecule has 0 atom stereocenters. The molecule has 0 spiro atoms. The van der Waals surface area contributed by atoms with Gasteiger partial charge in [0, 0.05) is 3.57 Å². The van der Waals surface area contributed by atoms with Crippen molar-refractivity contribution in [3.8, 4) is 0 Å². The van der Waals surface area contributed by atoms with Crippen LogP contribution in [0.5, 0.6) is 0 Å². The number of unbranched alkanes of at least 4 members (excludes halogenated alkanes) is 2. The van der Waals surface area contributed by atoms with Gasteiger partial charge in [0.05, 0.1) is 0 Å². The third-order valence-electron chi connectivity index (χ3n) is 2.40. The molecule has 0 saturated heterocycles. The van der Waals surface area contributed by atoms with Crippen LogP contribution in [0, 0.1) is 3.57 Å². The predicted octanol–water partition coefficient (Wildman–Crippen LogP) is 4.97. The van der Waals surface area contributed by atoms with Gasteiger partial charge in [-0.25, -0.2) is 0 Å². The van der Waals surface area contributed by atoms with Crippen LogP contribution in [0.1, 0.15) is 38.2 Å². The van der Waals surface area contributed by atoms with Crippen molar-refractivity contribution in [1.29, 1.82) is 0 Å². The lowest BCUT2D eigenvalue weighted by Gasteiger charge is -2.00. The minimum absolute atomic E-state index is 1.16. The summed E-state index contributed by atoms with van der Waals surface area (Å²) < 4.78 is 1.32. The Hall–Kier alpha value is -0.310. The summed E-state index contributed by atoms with van der Waals surface area (Å²) in [5, 5.41) is 0. The van der Waals surface area contributed by atoms with Crippen LogP contribution in [0.25, 0.3) is 0 Å². The summed E-state index contributed by atoms with van der Waals surface area (Å²) in [6.07, 6.45) is 10.8. The standard InChI is InChI=1S/C14H19I/c1-2-3-4-5-6-7-8-13-9-11-14(15)12-10-13/h3-4,9-12H,2,5-8H2,1H3/b4-3+. The highest BCUT2D eigenvalue weighted by atomic mass is 127. The maximum atomic E-state index is 2.35. The second-order valence-electron chi connectivity index (χ2n) is 3.75. The van der Waals surface area contributed by atoms with Gasteiger partial charge in [0.15, 0.2) is 0 Å². The summed E-state index contributed by atoms with van der Waals surface area (Å²) in [5.41, 5.74) is 1.47. The van der Waals surface area contributed by atoms with Crippen molar-refractivity contribution in [2.45, 2.75) is 39.0 Å². The Labute approximate surface area is 107 Å². The van der Waals surface area contributed by atoms with E-state index in [1.807, 2.05) is 0 Å². The Morgan fingerprint density at radius 1 is 1.07 bits per heavy atom. The predicted molar refractivity (Wildman–Crippen MR) is 76.1 cm³/mol. The van der Waals surface area contributed by atoms with E-state index >= 15 is 0 Å². The van der Waals surface area contributed by atoms with E-state index in [-0.39, 0.29) is 0 Å². The number of aryl methyl sites for hydroxylation is 1. The molecule has 82 valence electrons. The zero-order chi connectivity index (χ0) is 10.9. The third kappa shape index (κ3) is 5.98. The van der Waals surface area contributed by atoms with Crippen LogP contribution >= 0.6 is 22.6 Å². The Bertz CT molecular complexity index is 285. The van der Waals surface area contributed by atoms with Crippen molar-refractivity contribution in [3.63, 3.8) is 0 Å². The normalized spacial score (nSPS) is 11.1. The van der Waals surface area contributed by atoms with E-state index in [2.05, 4.69) is 65.9 Å². The zero-order valence-corrected chi connectivity index (χ0v) is 11.5. The minimum atomic E-state index is 1.16. The fraction of sp³-hybridized carbons (Fsp3) is 0.429. The number of hydrogen-bond acceptors (Lipinski definition) is 0. The van der Waals surface area contributed by atoms with Crippen LogP contribution in [0.2, 0.25) is 0 Å². The molecule has 1 heteroatoms. The smallest absolute Gasteiger partial charge is 0.0130 e. The second kappa shape index (κ2) is 7.91. The molecule has 0 saturated carbocycles. The number of allylic oxidation sites excluding steroid dienone is 2. The molecule has 0 unspecified atom stereocenters. The van der Waals surface area contributed by atoms with Crippen molar-refractivity contribution in [3.05, 3.63) is 45.6 Å². The molecular weight excluding hydrogens is 295 g/mol. The fourth-order valence-electron chi connectivity index (χ4n) is 1.53. The summed E-state index contributed by atoms with van der Waals surface area (Å²) in [7, 11) is 0. The SMILES string of the molecule is CC/C=C/CCCCc1ccc(I)cc1. The zero-order valence-electron chi connectivity index (χ0n) is 9.38. The number of rotatable bonds is 6. The van der Waals surface area contributed by atoms with Gasteiger partial charge in [0.1, 0.15) is 0 Å². The molecule has 15 heavy (non-hydrogen) atoms. The molecule has 0 aliphatic rings. The lowest BCUT2D eigenvalue weighted by Crippen LogP contribution is -1.85. The molecule has 0 aliphatic heterocycles. The third-order valence-corrected chi connectivity index (χ3v) is 3.12. The molecule has 0 fully saturated rings. The van der Waals surface area contributed by atoms with Gasteiger partial charge in [-0.05, 0) is 72.4 Å². The maximum Gasteiger partial charge on any atom is 0.0130 e. The van der Waals surface area contributed by atoms with E-state index < -0.39 is 0 Å². The number of halogens is 1. The molecule has 0 heterocycles. The van der Waals surface area contributed by atoms with Crippen molar-refractivity contribution in [2.24, 2.45) is 0 Å². The first-order valence-corrected chi connectivity index (χ1v) is 6.80. The largest absolute Gasteiger partial charge is 0.0888 e. The quantitative estimate of drug-likeness (QED) is 0.395. The average molecular weight is 314 g/mol. The maximum absolute atomic E-state index is 2.35. The van der Waals surface area contributed by atoms with E-state index in [9.17, 15) is 0 Å². The first-order chi connectivity index (χ1) is 7.33. The lowest BCUT2D eigenvalue weighted by molar-refractivity contribution is 0.746. The number of benzene rings is 1. The van der Waals surface area contributed by atoms with Gasteiger partial charge < -0.3 is 0 Å². The van der Waals surface area contributed by atoms with E-state index in [1.165, 1.54) is 34.8 Å². The van der Waals surface area contributed by atoms with E-state index in [1.54, 1.807) is 0 Å². The van der Waals surface area contributed by atoms with E-state index in [4.69, 9.17) is 0 Å². The van der Waals surface area contributed by atoms with Gasteiger partial charge in [-0.15, -0.1) is 0 Å². The van der Waals surface area contributed by atoms with Crippen LogP contribution in [0.3, 0.4) is 0 Å². The second-order valence-corrected chi connectivity index (χ2v) is 5.00. The topological polar surface area (TPSA) is 0 Å². The highest BCUT2D eigenvalue weighted by molar-refractivity contribution is 14.1. The van der Waals surface area contributed by atoms with Crippen molar-refractivity contribution in [2.75, 3.05) is 0 Å². The van der Waals surface area contributed by atoms with Gasteiger partial charge in [0.2, 0.25) is 0 Å². The van der Waals surface area contributed by atoms with E-state index in [0.717, 1.165) is 6.42 Å². The Balaban J connectivity index is 2.15. The highest BCUT2D eigenvalue weighted by Gasteiger charge is 1.92. The summed E-state index contributed by atoms with van der Waals surface area (Å²) >= 11 is 2.35. The van der Waals surface area contributed by atoms with Crippen molar-refractivity contribution < 1.29 is 0 Å². The lowest BCUT2D eigenvalue weighted by atomic mass is 10.1. The molecular formula is C14H19I. The molecule has 0 aromatic heterocycles. The van der Waals surface area contributed by atoms with Crippen LogP contribution in [-0.4, -0.2) is 0 Å². The van der Waals surface area contributed by atoms with Gasteiger partial charge in [-0.3, -0.25) is 0 Å². The van der Waals surface area contributed by atoms with Crippen LogP contribution < -0.4 is 0 Å². The summed E-state index contributed by atoms with van der Waals surface area (Å²) in [4.78, 5) is 0. The Kier molecular flexibility index (Phi) is 6.73. The van der Waals surface area contributed by atoms with Crippen LogP contribution in [0.4, 0.5) is 0 Å². The highest BCUT2D eigenvalue weighted by Crippen LogP contribution is 2.10. The molecule has 1 rings (SSSR count). The summed E-state index contributed by atoms with van der Waals surface area (Å²) in [5.74, 6) is 0. The molecule has 0 aliphatic carbocycles. The van der Waals surface area contributed by atoms with Crippen molar-refractivity contribution in [1.82, 2.24) is 0 Å². The van der Waals surface area contributed by atoms with Crippen molar-refractivity contribution >= 4 is 22.6 Å². The van der Waals surface area contributed by atoms with Gasteiger partial charge in [-0.2, -0.15) is 0 Å². The monoisotopic (exact) mass is 314 g/mol. The van der Waals surface area contributed by atoms with Crippen LogP contribution in [0.15, 0.2) is 36.4 Å². The summed E-state index contributed by atoms with van der Waals surface area (Å²) in [6.45, 7) is 2.18. The van der Waals surface area contributed by atoms with Gasteiger partial charge >= 0.3 is 0 Å². The fourth-order valence-corrected chi connectivity index (χ4v) is 1.89. The Morgan fingerprint density at radius 2 is 1.80 bits per heavy atom. The van der Waals surface area contributed by atoms with Gasteiger partial charge in [-0.1, -0.05) is 31.2 Å². The molecule has 0 bridgehead atoms. The molecule has 0 radical (unpaired) electrons. The van der Waals surface area contributed by atoms with E-state index in [0.29, 0.717) is 0 Å². The molecule has 0 nitrogen and oxygen atoms in total. The summed E-state index contributed by atoms with van der Waals surface area (Å²) in [6, 6.07) is 8.85.